The minimum atomic E-state index is 0.182. The molecule has 0 aliphatic carbocycles. The molecule has 1 fully saturated rings. The standard InChI is InChI=1S/C22H22N6O2/c1-14-7-16(5-6-30-14)28-21(13-27-12-17(29-2)10-25-27)26-20-11-24-19-4-3-15(9-23)8-18(19)22(20)28/h3-4,8,10-12,14,16H,5-7,13H2,1-2H3/t14-,16-/m1/s1. The van der Waals surface area contributed by atoms with Gasteiger partial charge in [0.25, 0.3) is 0 Å². The molecule has 0 unspecified atom stereocenters. The van der Waals surface area contributed by atoms with E-state index in [1.807, 2.05) is 29.2 Å². The van der Waals surface area contributed by atoms with E-state index in [0.717, 1.165) is 40.6 Å². The summed E-state index contributed by atoms with van der Waals surface area (Å²) in [6.45, 7) is 3.34. The highest BCUT2D eigenvalue weighted by atomic mass is 16.5. The minimum Gasteiger partial charge on any atom is -0.493 e. The van der Waals surface area contributed by atoms with E-state index in [4.69, 9.17) is 14.5 Å². The Balaban J connectivity index is 1.72. The Hall–Kier alpha value is -3.44. The van der Waals surface area contributed by atoms with Crippen molar-refractivity contribution >= 4 is 21.9 Å². The first-order chi connectivity index (χ1) is 14.7. The van der Waals surface area contributed by atoms with E-state index in [-0.39, 0.29) is 12.1 Å². The van der Waals surface area contributed by atoms with Gasteiger partial charge in [0.2, 0.25) is 0 Å². The van der Waals surface area contributed by atoms with E-state index in [2.05, 4.69) is 27.6 Å². The van der Waals surface area contributed by atoms with E-state index >= 15 is 0 Å². The fraction of sp³-hybridized carbons (Fsp3) is 0.364. The number of benzene rings is 1. The van der Waals surface area contributed by atoms with Crippen LogP contribution in [0.5, 0.6) is 5.75 Å². The Morgan fingerprint density at radius 3 is 2.97 bits per heavy atom. The van der Waals surface area contributed by atoms with Gasteiger partial charge < -0.3 is 14.0 Å². The number of hydrogen-bond acceptors (Lipinski definition) is 6. The van der Waals surface area contributed by atoms with Crippen molar-refractivity contribution in [3.8, 4) is 11.8 Å². The maximum atomic E-state index is 9.41. The van der Waals surface area contributed by atoms with Crippen LogP contribution in [0.1, 0.15) is 37.2 Å². The number of nitriles is 1. The first-order valence-electron chi connectivity index (χ1n) is 10.0. The number of hydrogen-bond donors (Lipinski definition) is 0. The molecule has 0 spiro atoms. The van der Waals surface area contributed by atoms with Crippen LogP contribution in [0.4, 0.5) is 0 Å². The number of aromatic nitrogens is 5. The first-order valence-corrected chi connectivity index (χ1v) is 10.0. The lowest BCUT2D eigenvalue weighted by Crippen LogP contribution is -2.27. The van der Waals surface area contributed by atoms with Crippen LogP contribution < -0.4 is 4.74 Å². The Kier molecular flexibility index (Phi) is 4.60. The van der Waals surface area contributed by atoms with Gasteiger partial charge in [-0.25, -0.2) is 4.98 Å². The average molecular weight is 402 g/mol. The molecule has 5 rings (SSSR count). The number of pyridine rings is 1. The molecule has 1 aliphatic heterocycles. The van der Waals surface area contributed by atoms with Gasteiger partial charge in [0.15, 0.2) is 5.75 Å². The second kappa shape index (κ2) is 7.43. The molecule has 8 heteroatoms. The summed E-state index contributed by atoms with van der Waals surface area (Å²) in [4.78, 5) is 9.50. The molecule has 1 saturated heterocycles. The zero-order chi connectivity index (χ0) is 20.7. The third-order valence-corrected chi connectivity index (χ3v) is 5.69. The average Bonchev–Trinajstić information content (AvgIpc) is 3.37. The summed E-state index contributed by atoms with van der Waals surface area (Å²) in [5, 5.41) is 14.8. The number of imidazole rings is 1. The Labute approximate surface area is 173 Å². The molecular formula is C22H22N6O2. The molecular weight excluding hydrogens is 380 g/mol. The molecule has 0 saturated carbocycles. The molecule has 0 N–H and O–H groups in total. The highest BCUT2D eigenvalue weighted by Crippen LogP contribution is 2.34. The Bertz CT molecular complexity index is 1270. The molecule has 0 amide bonds. The summed E-state index contributed by atoms with van der Waals surface area (Å²) in [5.74, 6) is 1.62. The number of fused-ring (bicyclic) bond motifs is 3. The van der Waals surface area contributed by atoms with Gasteiger partial charge in [0, 0.05) is 18.0 Å². The lowest BCUT2D eigenvalue weighted by Gasteiger charge is -2.30. The second-order valence-electron chi connectivity index (χ2n) is 7.67. The Morgan fingerprint density at radius 1 is 1.30 bits per heavy atom. The summed E-state index contributed by atoms with van der Waals surface area (Å²) in [5.41, 5.74) is 3.31. The van der Waals surface area contributed by atoms with Gasteiger partial charge in [-0.2, -0.15) is 10.4 Å². The van der Waals surface area contributed by atoms with E-state index < -0.39 is 0 Å². The van der Waals surface area contributed by atoms with Crippen LogP contribution in [0, 0.1) is 11.3 Å². The van der Waals surface area contributed by atoms with Gasteiger partial charge in [-0.3, -0.25) is 9.67 Å². The number of nitrogens with zero attached hydrogens (tertiary/aromatic N) is 6. The summed E-state index contributed by atoms with van der Waals surface area (Å²) in [6.07, 6.45) is 7.37. The number of rotatable bonds is 4. The van der Waals surface area contributed by atoms with Crippen molar-refractivity contribution in [3.05, 3.63) is 48.2 Å². The van der Waals surface area contributed by atoms with Gasteiger partial charge >= 0.3 is 0 Å². The van der Waals surface area contributed by atoms with E-state index in [1.54, 1.807) is 19.4 Å². The largest absolute Gasteiger partial charge is 0.493 e. The van der Waals surface area contributed by atoms with Gasteiger partial charge in [0.1, 0.15) is 11.3 Å². The van der Waals surface area contributed by atoms with Crippen LogP contribution in [0.15, 0.2) is 36.8 Å². The van der Waals surface area contributed by atoms with Gasteiger partial charge in [0.05, 0.1) is 61.0 Å². The van der Waals surface area contributed by atoms with Crippen molar-refractivity contribution in [2.45, 2.75) is 38.5 Å². The fourth-order valence-corrected chi connectivity index (χ4v) is 4.29. The van der Waals surface area contributed by atoms with Gasteiger partial charge in [-0.1, -0.05) is 0 Å². The normalized spacial score (nSPS) is 19.2. The molecule has 4 aromatic rings. The molecule has 2 atom stereocenters. The van der Waals surface area contributed by atoms with E-state index in [0.29, 0.717) is 24.5 Å². The van der Waals surface area contributed by atoms with Crippen LogP contribution in [0.3, 0.4) is 0 Å². The first kappa shape index (κ1) is 18.6. The van der Waals surface area contributed by atoms with Gasteiger partial charge in [-0.05, 0) is 38.0 Å². The van der Waals surface area contributed by atoms with E-state index in [9.17, 15) is 5.26 Å². The van der Waals surface area contributed by atoms with Crippen LogP contribution in [0.2, 0.25) is 0 Å². The second-order valence-corrected chi connectivity index (χ2v) is 7.67. The van der Waals surface area contributed by atoms with Crippen molar-refractivity contribution in [3.63, 3.8) is 0 Å². The van der Waals surface area contributed by atoms with Crippen LogP contribution in [-0.4, -0.2) is 44.1 Å². The maximum Gasteiger partial charge on any atom is 0.156 e. The molecule has 8 nitrogen and oxygen atoms in total. The summed E-state index contributed by atoms with van der Waals surface area (Å²) >= 11 is 0. The lowest BCUT2D eigenvalue weighted by molar-refractivity contribution is 0.00619. The molecule has 0 radical (unpaired) electrons. The zero-order valence-electron chi connectivity index (χ0n) is 16.9. The number of ether oxygens (including phenoxy) is 2. The topological polar surface area (TPSA) is 90.8 Å². The smallest absolute Gasteiger partial charge is 0.156 e. The van der Waals surface area contributed by atoms with Crippen LogP contribution in [0.25, 0.3) is 21.9 Å². The quantitative estimate of drug-likeness (QED) is 0.519. The third kappa shape index (κ3) is 3.17. The monoisotopic (exact) mass is 402 g/mol. The maximum absolute atomic E-state index is 9.41. The highest BCUT2D eigenvalue weighted by molar-refractivity contribution is 6.02. The Morgan fingerprint density at radius 2 is 2.20 bits per heavy atom. The summed E-state index contributed by atoms with van der Waals surface area (Å²) in [6, 6.07) is 8.10. The highest BCUT2D eigenvalue weighted by Gasteiger charge is 2.26. The zero-order valence-corrected chi connectivity index (χ0v) is 16.9. The summed E-state index contributed by atoms with van der Waals surface area (Å²) < 4.78 is 15.2. The van der Waals surface area contributed by atoms with E-state index in [1.165, 1.54) is 0 Å². The molecule has 4 heterocycles. The fourth-order valence-electron chi connectivity index (χ4n) is 4.29. The third-order valence-electron chi connectivity index (χ3n) is 5.69. The molecule has 152 valence electrons. The number of methoxy groups -OCH3 is 1. The lowest BCUT2D eigenvalue weighted by atomic mass is 10.0. The van der Waals surface area contributed by atoms with Crippen molar-refractivity contribution in [1.29, 1.82) is 5.26 Å². The van der Waals surface area contributed by atoms with Crippen LogP contribution >= 0.6 is 0 Å². The summed E-state index contributed by atoms with van der Waals surface area (Å²) in [7, 11) is 1.63. The van der Waals surface area contributed by atoms with Crippen molar-refractivity contribution in [2.24, 2.45) is 0 Å². The molecule has 1 aromatic carbocycles. The molecule has 0 bridgehead atoms. The van der Waals surface area contributed by atoms with Crippen molar-refractivity contribution in [1.82, 2.24) is 24.3 Å². The van der Waals surface area contributed by atoms with Gasteiger partial charge in [-0.15, -0.1) is 0 Å². The molecule has 1 aliphatic rings. The predicted octanol–water partition coefficient (Wildman–Crippen LogP) is 3.45. The molecule has 30 heavy (non-hydrogen) atoms. The van der Waals surface area contributed by atoms with Crippen molar-refractivity contribution in [2.75, 3.05) is 13.7 Å². The molecule has 3 aromatic heterocycles. The SMILES string of the molecule is COc1cnn(Cc2nc3cnc4ccc(C#N)cc4c3n2[C@@H]2CCO[C@H](C)C2)c1. The minimum absolute atomic E-state index is 0.182. The van der Waals surface area contributed by atoms with Crippen molar-refractivity contribution < 1.29 is 9.47 Å². The predicted molar refractivity (Wildman–Crippen MR) is 111 cm³/mol. The van der Waals surface area contributed by atoms with Crippen LogP contribution in [-0.2, 0) is 11.3 Å².